The number of rotatable bonds is 1. The summed E-state index contributed by atoms with van der Waals surface area (Å²) >= 11 is 6.32. The molecule has 0 aromatic carbocycles. The molecule has 0 radical (unpaired) electrons. The minimum absolute atomic E-state index is 0.549. The lowest BCUT2D eigenvalue weighted by molar-refractivity contribution is 0.724. The number of hydrogen-bond donors (Lipinski definition) is 1. The summed E-state index contributed by atoms with van der Waals surface area (Å²) in [6, 6.07) is 0. The summed E-state index contributed by atoms with van der Waals surface area (Å²) in [5.74, 6) is 0. The summed E-state index contributed by atoms with van der Waals surface area (Å²) in [6.07, 6.45) is 7.23. The van der Waals surface area contributed by atoms with Gasteiger partial charge in [0, 0.05) is 0 Å². The van der Waals surface area contributed by atoms with Crippen LogP contribution in [-0.2, 0) is 0 Å². The highest BCUT2D eigenvalue weighted by atomic mass is 32.2. The molecule has 0 heterocycles. The predicted octanol–water partition coefficient (Wildman–Crippen LogP) is 2.42. The van der Waals surface area contributed by atoms with E-state index < -0.39 is 0 Å². The van der Waals surface area contributed by atoms with Gasteiger partial charge in [-0.1, -0.05) is 30.1 Å². The van der Waals surface area contributed by atoms with Gasteiger partial charge in [0.25, 0.3) is 0 Å². The molecule has 3 heteroatoms. The number of nitrogens with two attached hydrogens (primary N) is 1. The summed E-state index contributed by atoms with van der Waals surface area (Å²) in [7, 11) is 0. The Bertz CT molecular complexity index is 163. The molecule has 0 atom stereocenters. The summed E-state index contributed by atoms with van der Waals surface area (Å²) in [6.45, 7) is 0. The largest absolute Gasteiger partial charge is 0.384 e. The molecule has 0 spiro atoms. The first-order valence-electron chi connectivity index (χ1n) is 3.45. The molecule has 1 aliphatic rings. The van der Waals surface area contributed by atoms with E-state index in [9.17, 15) is 0 Å². The summed E-state index contributed by atoms with van der Waals surface area (Å²) in [5.41, 5.74) is 5.38. The average Bonchev–Trinajstić information content (AvgIpc) is 1.88. The van der Waals surface area contributed by atoms with Gasteiger partial charge in [-0.05, 0) is 30.6 Å². The molecule has 2 N–H and O–H groups in total. The van der Waals surface area contributed by atoms with Crippen molar-refractivity contribution in [3.8, 4) is 0 Å². The van der Waals surface area contributed by atoms with Gasteiger partial charge in [-0.2, -0.15) is 0 Å². The van der Waals surface area contributed by atoms with E-state index in [1.807, 2.05) is 0 Å². The van der Waals surface area contributed by atoms with E-state index in [0.717, 1.165) is 0 Å². The molecule has 0 bridgehead atoms. The minimum Gasteiger partial charge on any atom is -0.384 e. The first-order valence-corrected chi connectivity index (χ1v) is 4.68. The highest BCUT2D eigenvalue weighted by molar-refractivity contribution is 8.25. The smallest absolute Gasteiger partial charge is 0.135 e. The lowest BCUT2D eigenvalue weighted by atomic mass is 10.1. The first-order chi connectivity index (χ1) is 4.79. The van der Waals surface area contributed by atoms with E-state index in [2.05, 4.69) is 6.08 Å². The van der Waals surface area contributed by atoms with Crippen molar-refractivity contribution in [1.82, 2.24) is 0 Å². The third-order valence-corrected chi connectivity index (χ3v) is 2.57. The molecule has 0 amide bonds. The summed E-state index contributed by atoms with van der Waals surface area (Å²) < 4.78 is 0.549. The Morgan fingerprint density at radius 3 is 2.90 bits per heavy atom. The molecule has 56 valence electrons. The zero-order valence-corrected chi connectivity index (χ0v) is 7.43. The van der Waals surface area contributed by atoms with Gasteiger partial charge in [0.2, 0.25) is 0 Å². The van der Waals surface area contributed by atoms with Gasteiger partial charge >= 0.3 is 0 Å². The highest BCUT2D eigenvalue weighted by Gasteiger charge is 2.04. The Balaban J connectivity index is 2.38. The van der Waals surface area contributed by atoms with E-state index >= 15 is 0 Å². The second-order valence-electron chi connectivity index (χ2n) is 2.34. The monoisotopic (exact) mass is 173 g/mol. The molecule has 1 rings (SSSR count). The standard InChI is InChI=1S/C7H11NS2/c8-7(9)10-6-4-2-1-3-5-6/h4H,1-3,5H2,(H2,8,9). The number of allylic oxidation sites excluding steroid dienone is 2. The van der Waals surface area contributed by atoms with Crippen molar-refractivity contribution in [3.63, 3.8) is 0 Å². The van der Waals surface area contributed by atoms with E-state index in [4.69, 9.17) is 18.0 Å². The Kier molecular flexibility index (Phi) is 3.22. The number of thiocarbonyl (C=S) groups is 1. The lowest BCUT2D eigenvalue weighted by Crippen LogP contribution is -2.03. The predicted molar refractivity (Wildman–Crippen MR) is 50.9 cm³/mol. The maximum Gasteiger partial charge on any atom is 0.135 e. The van der Waals surface area contributed by atoms with Crippen LogP contribution in [0.4, 0.5) is 0 Å². The van der Waals surface area contributed by atoms with Crippen LogP contribution in [-0.4, -0.2) is 4.32 Å². The van der Waals surface area contributed by atoms with Crippen molar-refractivity contribution in [2.45, 2.75) is 25.7 Å². The van der Waals surface area contributed by atoms with Gasteiger partial charge in [-0.15, -0.1) is 0 Å². The zero-order valence-electron chi connectivity index (χ0n) is 5.80. The Hall–Kier alpha value is -0.0200. The van der Waals surface area contributed by atoms with E-state index in [-0.39, 0.29) is 0 Å². The fraction of sp³-hybridized carbons (Fsp3) is 0.571. The van der Waals surface area contributed by atoms with Gasteiger partial charge in [0.1, 0.15) is 4.32 Å². The van der Waals surface area contributed by atoms with Crippen molar-refractivity contribution in [2.24, 2.45) is 5.73 Å². The van der Waals surface area contributed by atoms with Gasteiger partial charge in [0.05, 0.1) is 0 Å². The first kappa shape index (κ1) is 8.08. The van der Waals surface area contributed by atoms with E-state index in [0.29, 0.717) is 4.32 Å². The second-order valence-corrected chi connectivity index (χ2v) is 4.20. The maximum absolute atomic E-state index is 5.38. The number of hydrogen-bond acceptors (Lipinski definition) is 2. The molecule has 1 aliphatic carbocycles. The third-order valence-electron chi connectivity index (χ3n) is 1.48. The van der Waals surface area contributed by atoms with Gasteiger partial charge in [-0.25, -0.2) is 0 Å². The van der Waals surface area contributed by atoms with Crippen molar-refractivity contribution >= 4 is 28.3 Å². The van der Waals surface area contributed by atoms with Crippen LogP contribution < -0.4 is 5.73 Å². The van der Waals surface area contributed by atoms with Crippen LogP contribution in [0, 0.1) is 0 Å². The van der Waals surface area contributed by atoms with Crippen molar-refractivity contribution in [1.29, 1.82) is 0 Å². The van der Waals surface area contributed by atoms with Crippen LogP contribution in [0.1, 0.15) is 25.7 Å². The van der Waals surface area contributed by atoms with Crippen LogP contribution in [0.25, 0.3) is 0 Å². The van der Waals surface area contributed by atoms with Crippen LogP contribution in [0.15, 0.2) is 11.0 Å². The van der Waals surface area contributed by atoms with Crippen molar-refractivity contribution in [2.75, 3.05) is 0 Å². The van der Waals surface area contributed by atoms with Gasteiger partial charge in [-0.3, -0.25) is 0 Å². The van der Waals surface area contributed by atoms with Crippen LogP contribution >= 0.6 is 24.0 Å². The fourth-order valence-electron chi connectivity index (χ4n) is 1.03. The molecular formula is C7H11NS2. The van der Waals surface area contributed by atoms with Crippen LogP contribution in [0.5, 0.6) is 0 Å². The van der Waals surface area contributed by atoms with Crippen LogP contribution in [0.2, 0.25) is 0 Å². The molecule has 0 unspecified atom stereocenters. The van der Waals surface area contributed by atoms with E-state index in [1.165, 1.54) is 30.6 Å². The average molecular weight is 173 g/mol. The Morgan fingerprint density at radius 2 is 2.40 bits per heavy atom. The summed E-state index contributed by atoms with van der Waals surface area (Å²) in [4.78, 5) is 1.36. The second kappa shape index (κ2) is 3.98. The Morgan fingerprint density at radius 1 is 1.60 bits per heavy atom. The van der Waals surface area contributed by atoms with Crippen LogP contribution in [0.3, 0.4) is 0 Å². The van der Waals surface area contributed by atoms with E-state index in [1.54, 1.807) is 11.8 Å². The topological polar surface area (TPSA) is 26.0 Å². The molecular weight excluding hydrogens is 162 g/mol. The number of thioether (sulfide) groups is 1. The molecule has 1 nitrogen and oxygen atoms in total. The quantitative estimate of drug-likeness (QED) is 0.617. The fourth-order valence-corrected chi connectivity index (χ4v) is 2.06. The molecule has 0 aromatic heterocycles. The molecule has 0 fully saturated rings. The molecule has 0 saturated heterocycles. The zero-order chi connectivity index (χ0) is 7.40. The maximum atomic E-state index is 5.38. The van der Waals surface area contributed by atoms with Gasteiger partial charge < -0.3 is 5.73 Å². The molecule has 10 heavy (non-hydrogen) atoms. The molecule has 0 aliphatic heterocycles. The third kappa shape index (κ3) is 2.71. The molecule has 0 saturated carbocycles. The highest BCUT2D eigenvalue weighted by Crippen LogP contribution is 2.26. The minimum atomic E-state index is 0.549. The SMILES string of the molecule is NC(=S)SC1=CCCCC1. The Labute approximate surface area is 71.1 Å². The lowest BCUT2D eigenvalue weighted by Gasteiger charge is -2.09. The van der Waals surface area contributed by atoms with Crippen molar-refractivity contribution < 1.29 is 0 Å². The normalized spacial score (nSPS) is 18.2. The molecule has 0 aromatic rings. The summed E-state index contributed by atoms with van der Waals surface area (Å²) in [5, 5.41) is 0. The van der Waals surface area contributed by atoms with Crippen molar-refractivity contribution in [3.05, 3.63) is 11.0 Å². The van der Waals surface area contributed by atoms with Gasteiger partial charge in [0.15, 0.2) is 0 Å².